The summed E-state index contributed by atoms with van der Waals surface area (Å²) in [4.78, 5) is 27.9. The summed E-state index contributed by atoms with van der Waals surface area (Å²) in [5, 5.41) is 22.0. The van der Waals surface area contributed by atoms with Crippen LogP contribution in [0.3, 0.4) is 0 Å². The smallest absolute Gasteiger partial charge is 0.243 e. The van der Waals surface area contributed by atoms with Gasteiger partial charge < -0.3 is 24.5 Å². The molecule has 0 spiro atoms. The first kappa shape index (κ1) is 33.4. The molecule has 1 aliphatic rings. The molecular weight excluding hydrogens is 604 g/mol. The topological polar surface area (TPSA) is 135 Å². The maximum absolute atomic E-state index is 12.3. The van der Waals surface area contributed by atoms with E-state index in [1.165, 1.54) is 0 Å². The number of amides is 2. The van der Waals surface area contributed by atoms with Gasteiger partial charge in [0.05, 0.1) is 18.8 Å². The highest BCUT2D eigenvalue weighted by Crippen LogP contribution is 2.40. The van der Waals surface area contributed by atoms with Gasteiger partial charge in [-0.15, -0.1) is 0 Å². The number of aryl methyl sites for hydroxylation is 1. The number of nitrogens with one attached hydrogen (secondary N) is 2. The van der Waals surface area contributed by atoms with Crippen LogP contribution in [-0.4, -0.2) is 43.5 Å². The van der Waals surface area contributed by atoms with E-state index in [0.29, 0.717) is 32.2 Å². The second kappa shape index (κ2) is 16.5. The first-order valence-corrected chi connectivity index (χ1v) is 16.4. The van der Waals surface area contributed by atoms with E-state index < -0.39 is 12.2 Å². The van der Waals surface area contributed by atoms with Crippen molar-refractivity contribution in [3.05, 3.63) is 107 Å². The Bertz CT molecular complexity index is 1590. The summed E-state index contributed by atoms with van der Waals surface area (Å²) in [7, 11) is 1.98. The van der Waals surface area contributed by atoms with Crippen molar-refractivity contribution < 1.29 is 29.4 Å². The Morgan fingerprint density at radius 2 is 1.67 bits per heavy atom. The molecular formula is C35H40N4O6S. The number of hydroxylamine groups is 1. The number of ether oxygens (including phenoxy) is 2. The van der Waals surface area contributed by atoms with Crippen molar-refractivity contribution in [2.24, 2.45) is 7.05 Å². The summed E-state index contributed by atoms with van der Waals surface area (Å²) in [6, 6.07) is 24.1. The number of unbranched alkanes of at least 4 members (excludes halogenated alkanes) is 1. The minimum atomic E-state index is -0.575. The number of imidazole rings is 1. The summed E-state index contributed by atoms with van der Waals surface area (Å²) < 4.78 is 15.1. The largest absolute Gasteiger partial charge is 0.392 e. The molecule has 1 aliphatic heterocycles. The molecule has 3 aromatic carbocycles. The van der Waals surface area contributed by atoms with Crippen molar-refractivity contribution in [2.75, 3.05) is 5.75 Å². The van der Waals surface area contributed by atoms with Gasteiger partial charge in [0.15, 0.2) is 11.4 Å². The van der Waals surface area contributed by atoms with Crippen LogP contribution in [-0.2, 0) is 39.3 Å². The molecule has 2 heterocycles. The SMILES string of the molecule is Cn1ccnc1SCC1CC(c2ccc(CO)cc2)OC(c2cccc(-c3cccc(CNC(=O)CCCCC(=O)NO)c3)c2)O1. The number of aromatic nitrogens is 2. The standard InChI is InChI=1S/C35H40N4O6S/c1-39-17-16-36-35(39)46-23-30-20-31(26-14-12-24(22-40)13-15-26)45-34(44-30)29-9-5-8-28(19-29)27-7-4-6-25(18-27)21-37-32(41)10-2-3-11-33(42)38-43/h4-9,12-19,30-31,34,40,43H,2-3,10-11,20-23H2,1H3,(H,37,41)(H,38,42). The van der Waals surface area contributed by atoms with Crippen molar-refractivity contribution in [3.63, 3.8) is 0 Å². The van der Waals surface area contributed by atoms with E-state index in [-0.39, 0.29) is 31.1 Å². The van der Waals surface area contributed by atoms with Gasteiger partial charge in [0.25, 0.3) is 0 Å². The average Bonchev–Trinajstić information content (AvgIpc) is 3.52. The second-order valence-corrected chi connectivity index (χ2v) is 12.3. The minimum absolute atomic E-state index is 0.00573. The van der Waals surface area contributed by atoms with E-state index in [1.807, 2.05) is 78.5 Å². The normalized spacial score (nSPS) is 17.8. The highest BCUT2D eigenvalue weighted by molar-refractivity contribution is 7.99. The van der Waals surface area contributed by atoms with E-state index in [0.717, 1.165) is 44.3 Å². The molecule has 0 aliphatic carbocycles. The monoisotopic (exact) mass is 644 g/mol. The predicted octanol–water partition coefficient (Wildman–Crippen LogP) is 5.60. The maximum Gasteiger partial charge on any atom is 0.243 e. The zero-order valence-corrected chi connectivity index (χ0v) is 26.6. The van der Waals surface area contributed by atoms with Crippen LogP contribution in [0.4, 0.5) is 0 Å². The van der Waals surface area contributed by atoms with Crippen LogP contribution in [0.5, 0.6) is 0 Å². The van der Waals surface area contributed by atoms with Crippen LogP contribution in [0.25, 0.3) is 11.1 Å². The van der Waals surface area contributed by atoms with Gasteiger partial charge >= 0.3 is 0 Å². The first-order valence-electron chi connectivity index (χ1n) is 15.4. The molecule has 0 saturated carbocycles. The molecule has 0 bridgehead atoms. The molecule has 242 valence electrons. The molecule has 46 heavy (non-hydrogen) atoms. The molecule has 5 rings (SSSR count). The second-order valence-electron chi connectivity index (χ2n) is 11.3. The number of benzene rings is 3. The van der Waals surface area contributed by atoms with Gasteiger partial charge in [0, 0.05) is 56.6 Å². The molecule has 4 aromatic rings. The molecule has 3 atom stereocenters. The van der Waals surface area contributed by atoms with Crippen LogP contribution >= 0.6 is 11.8 Å². The summed E-state index contributed by atoms with van der Waals surface area (Å²) >= 11 is 1.66. The molecule has 2 amide bonds. The molecule has 1 aromatic heterocycles. The zero-order chi connectivity index (χ0) is 32.3. The van der Waals surface area contributed by atoms with Gasteiger partial charge in [-0.25, -0.2) is 10.5 Å². The number of hydrogen-bond donors (Lipinski definition) is 4. The fourth-order valence-electron chi connectivity index (χ4n) is 5.32. The molecule has 10 nitrogen and oxygen atoms in total. The van der Waals surface area contributed by atoms with Crippen molar-refractivity contribution >= 4 is 23.6 Å². The van der Waals surface area contributed by atoms with Crippen LogP contribution in [0.15, 0.2) is 90.3 Å². The van der Waals surface area contributed by atoms with E-state index in [4.69, 9.17) is 14.7 Å². The molecule has 0 radical (unpaired) electrons. The maximum atomic E-state index is 12.3. The van der Waals surface area contributed by atoms with Crippen LogP contribution in [0, 0.1) is 0 Å². The number of carbonyl (C=O) groups is 2. The number of rotatable bonds is 14. The number of nitrogens with zero attached hydrogens (tertiary/aromatic N) is 2. The lowest BCUT2D eigenvalue weighted by atomic mass is 9.99. The van der Waals surface area contributed by atoms with Crippen molar-refractivity contribution in [1.29, 1.82) is 0 Å². The first-order chi connectivity index (χ1) is 22.4. The van der Waals surface area contributed by atoms with Crippen molar-refractivity contribution in [2.45, 2.75) is 68.9 Å². The Morgan fingerprint density at radius 1 is 0.935 bits per heavy atom. The van der Waals surface area contributed by atoms with Crippen molar-refractivity contribution in [1.82, 2.24) is 20.3 Å². The lowest BCUT2D eigenvalue weighted by Crippen LogP contribution is -2.31. The summed E-state index contributed by atoms with van der Waals surface area (Å²) in [6.45, 7) is 0.388. The average molecular weight is 645 g/mol. The lowest BCUT2D eigenvalue weighted by molar-refractivity contribution is -0.245. The lowest BCUT2D eigenvalue weighted by Gasteiger charge is -2.36. The Morgan fingerprint density at radius 3 is 2.39 bits per heavy atom. The van der Waals surface area contributed by atoms with Gasteiger partial charge in [0.2, 0.25) is 11.8 Å². The Labute approximate surface area is 273 Å². The molecule has 11 heteroatoms. The van der Waals surface area contributed by atoms with E-state index in [2.05, 4.69) is 22.4 Å². The Balaban J connectivity index is 1.26. The number of aliphatic hydroxyl groups is 1. The Hall–Kier alpha value is -4.00. The molecule has 1 fully saturated rings. The number of carbonyl (C=O) groups excluding carboxylic acids is 2. The predicted molar refractivity (Wildman–Crippen MR) is 174 cm³/mol. The van der Waals surface area contributed by atoms with E-state index in [1.54, 1.807) is 23.4 Å². The zero-order valence-electron chi connectivity index (χ0n) is 25.8. The summed E-state index contributed by atoms with van der Waals surface area (Å²) in [6.07, 6.45) is 5.18. The quantitative estimate of drug-likeness (QED) is 0.0603. The summed E-state index contributed by atoms with van der Waals surface area (Å²) in [5.41, 5.74) is 7.40. The van der Waals surface area contributed by atoms with E-state index >= 15 is 0 Å². The number of thioether (sulfide) groups is 1. The van der Waals surface area contributed by atoms with Gasteiger partial charge in [0.1, 0.15) is 0 Å². The third-order valence-electron chi connectivity index (χ3n) is 7.88. The minimum Gasteiger partial charge on any atom is -0.392 e. The fourth-order valence-corrected chi connectivity index (χ4v) is 6.27. The van der Waals surface area contributed by atoms with Crippen molar-refractivity contribution in [3.8, 4) is 11.1 Å². The van der Waals surface area contributed by atoms with Crippen LogP contribution < -0.4 is 10.8 Å². The van der Waals surface area contributed by atoms with Gasteiger partial charge in [-0.1, -0.05) is 72.4 Å². The molecule has 4 N–H and O–H groups in total. The fraction of sp³-hybridized carbons (Fsp3) is 0.343. The number of hydrogen-bond acceptors (Lipinski definition) is 8. The van der Waals surface area contributed by atoms with Gasteiger partial charge in [-0.2, -0.15) is 0 Å². The summed E-state index contributed by atoms with van der Waals surface area (Å²) in [5.74, 6) is 0.191. The highest BCUT2D eigenvalue weighted by atomic mass is 32.2. The van der Waals surface area contributed by atoms with Gasteiger partial charge in [-0.3, -0.25) is 14.8 Å². The van der Waals surface area contributed by atoms with Crippen LogP contribution in [0.2, 0.25) is 0 Å². The third kappa shape index (κ3) is 9.27. The van der Waals surface area contributed by atoms with E-state index in [9.17, 15) is 14.7 Å². The third-order valence-corrected chi connectivity index (χ3v) is 9.07. The number of aliphatic hydroxyl groups excluding tert-OH is 1. The highest BCUT2D eigenvalue weighted by Gasteiger charge is 2.32. The van der Waals surface area contributed by atoms with Gasteiger partial charge in [-0.05, 0) is 52.8 Å². The molecule has 1 saturated heterocycles. The Kier molecular flexibility index (Phi) is 12.0. The molecule has 3 unspecified atom stereocenters. The van der Waals surface area contributed by atoms with Crippen LogP contribution in [0.1, 0.15) is 66.8 Å².